The van der Waals surface area contributed by atoms with E-state index in [2.05, 4.69) is 41.8 Å². The van der Waals surface area contributed by atoms with Crippen molar-refractivity contribution in [2.75, 3.05) is 26.7 Å². The first-order valence-corrected chi connectivity index (χ1v) is 9.47. The van der Waals surface area contributed by atoms with Gasteiger partial charge in [-0.1, -0.05) is 26.0 Å². The maximum absolute atomic E-state index is 13.1. The van der Waals surface area contributed by atoms with Crippen molar-refractivity contribution >= 4 is 5.91 Å². The highest BCUT2D eigenvalue weighted by atomic mass is 16.5. The molecule has 6 heteroatoms. The normalized spacial score (nSPS) is 20.6. The highest BCUT2D eigenvalue weighted by Crippen LogP contribution is 2.41. The molecule has 0 saturated carbocycles. The lowest BCUT2D eigenvalue weighted by Crippen LogP contribution is -2.36. The van der Waals surface area contributed by atoms with E-state index >= 15 is 0 Å². The third-order valence-electron chi connectivity index (χ3n) is 5.64. The summed E-state index contributed by atoms with van der Waals surface area (Å²) in [5, 5.41) is 0. The molecule has 1 saturated heterocycles. The summed E-state index contributed by atoms with van der Waals surface area (Å²) in [5.41, 5.74) is 1.77. The van der Waals surface area contributed by atoms with Gasteiger partial charge in [0.1, 0.15) is 11.6 Å². The fraction of sp³-hybridized carbons (Fsp3) is 0.476. The van der Waals surface area contributed by atoms with Crippen molar-refractivity contribution in [1.82, 2.24) is 19.8 Å². The number of hydrogen-bond donors (Lipinski definition) is 0. The van der Waals surface area contributed by atoms with Crippen LogP contribution >= 0.6 is 0 Å². The van der Waals surface area contributed by atoms with Gasteiger partial charge in [-0.05, 0) is 25.6 Å². The molecule has 142 valence electrons. The number of para-hydroxylation sites is 1. The summed E-state index contributed by atoms with van der Waals surface area (Å²) in [6, 6.07) is 8.05. The Kier molecular flexibility index (Phi) is 4.60. The quantitative estimate of drug-likeness (QED) is 0.832. The van der Waals surface area contributed by atoms with Crippen molar-refractivity contribution < 1.29 is 9.53 Å². The number of likely N-dealkylation sites (tertiary alicyclic amines) is 1. The van der Waals surface area contributed by atoms with E-state index in [1.807, 2.05) is 23.1 Å². The van der Waals surface area contributed by atoms with Crippen LogP contribution in [0.2, 0.25) is 0 Å². The predicted octanol–water partition coefficient (Wildman–Crippen LogP) is 2.49. The topological polar surface area (TPSA) is 58.6 Å². The lowest BCUT2D eigenvalue weighted by atomic mass is 9.86. The maximum Gasteiger partial charge on any atom is 0.257 e. The van der Waals surface area contributed by atoms with Crippen LogP contribution in [-0.4, -0.2) is 58.5 Å². The van der Waals surface area contributed by atoms with Gasteiger partial charge in [0.15, 0.2) is 0 Å². The Morgan fingerprint density at radius 1 is 1.30 bits per heavy atom. The van der Waals surface area contributed by atoms with Gasteiger partial charge in [0.25, 0.3) is 5.91 Å². The summed E-state index contributed by atoms with van der Waals surface area (Å²) in [7, 11) is 2.07. The molecule has 6 nitrogen and oxygen atoms in total. The van der Waals surface area contributed by atoms with Crippen molar-refractivity contribution in [3.8, 4) is 5.75 Å². The number of fused-ring (bicyclic) bond motifs is 1. The van der Waals surface area contributed by atoms with Crippen LogP contribution in [0.15, 0.2) is 36.7 Å². The first kappa shape index (κ1) is 17.9. The Hall–Kier alpha value is -2.47. The smallest absolute Gasteiger partial charge is 0.257 e. The van der Waals surface area contributed by atoms with Gasteiger partial charge in [0.05, 0.1) is 18.7 Å². The number of amides is 1. The molecule has 2 aliphatic rings. The lowest BCUT2D eigenvalue weighted by molar-refractivity contribution is 0.0775. The minimum absolute atomic E-state index is 0.0466. The highest BCUT2D eigenvalue weighted by molar-refractivity contribution is 5.98. The second-order valence-electron chi connectivity index (χ2n) is 8.13. The number of aromatic nitrogens is 2. The summed E-state index contributed by atoms with van der Waals surface area (Å²) in [6.07, 6.45) is 4.48. The van der Waals surface area contributed by atoms with Gasteiger partial charge < -0.3 is 9.64 Å². The number of ether oxygens (including phenoxy) is 1. The number of rotatable bonds is 4. The fourth-order valence-electron chi connectivity index (χ4n) is 3.94. The number of carbonyl (C=O) groups is 1. The number of hydrogen-bond acceptors (Lipinski definition) is 5. The SMILES string of the molecule is CN(Cc1ncccn1)C1CCN(C(=O)c2cccc3c2OCC3(C)C)C1. The Morgan fingerprint density at radius 3 is 2.85 bits per heavy atom. The van der Waals surface area contributed by atoms with Crippen molar-refractivity contribution in [3.05, 3.63) is 53.6 Å². The zero-order valence-electron chi connectivity index (χ0n) is 16.2. The highest BCUT2D eigenvalue weighted by Gasteiger charge is 2.37. The van der Waals surface area contributed by atoms with Crippen LogP contribution in [0, 0.1) is 0 Å². The second-order valence-corrected chi connectivity index (χ2v) is 8.13. The van der Waals surface area contributed by atoms with Gasteiger partial charge in [-0.2, -0.15) is 0 Å². The zero-order valence-corrected chi connectivity index (χ0v) is 16.2. The van der Waals surface area contributed by atoms with Gasteiger partial charge in [-0.25, -0.2) is 9.97 Å². The Morgan fingerprint density at radius 2 is 2.07 bits per heavy atom. The molecule has 1 aromatic carbocycles. The first-order valence-electron chi connectivity index (χ1n) is 9.47. The minimum atomic E-state index is -0.0466. The molecule has 2 aromatic rings. The van der Waals surface area contributed by atoms with E-state index < -0.39 is 0 Å². The molecule has 0 aliphatic carbocycles. The van der Waals surface area contributed by atoms with E-state index in [0.717, 1.165) is 36.6 Å². The van der Waals surface area contributed by atoms with Gasteiger partial charge >= 0.3 is 0 Å². The van der Waals surface area contributed by atoms with Crippen molar-refractivity contribution in [2.45, 2.75) is 38.3 Å². The van der Waals surface area contributed by atoms with Crippen LogP contribution in [-0.2, 0) is 12.0 Å². The van der Waals surface area contributed by atoms with Crippen LogP contribution in [0.5, 0.6) is 5.75 Å². The van der Waals surface area contributed by atoms with Crippen LogP contribution < -0.4 is 4.74 Å². The summed E-state index contributed by atoms with van der Waals surface area (Å²) in [6.45, 7) is 7.09. The number of benzene rings is 1. The molecule has 1 amide bonds. The Labute approximate surface area is 160 Å². The van der Waals surface area contributed by atoms with Gasteiger partial charge in [0, 0.05) is 42.5 Å². The van der Waals surface area contributed by atoms with Crippen molar-refractivity contribution in [1.29, 1.82) is 0 Å². The third-order valence-corrected chi connectivity index (χ3v) is 5.64. The van der Waals surface area contributed by atoms with E-state index in [1.54, 1.807) is 12.4 Å². The average Bonchev–Trinajstić information content (AvgIpc) is 3.27. The van der Waals surface area contributed by atoms with Gasteiger partial charge in [-0.15, -0.1) is 0 Å². The summed E-state index contributed by atoms with van der Waals surface area (Å²) in [5.74, 6) is 1.64. The van der Waals surface area contributed by atoms with Gasteiger partial charge in [-0.3, -0.25) is 9.69 Å². The number of nitrogens with zero attached hydrogens (tertiary/aromatic N) is 4. The maximum atomic E-state index is 13.1. The first-order chi connectivity index (χ1) is 13.0. The lowest BCUT2D eigenvalue weighted by Gasteiger charge is -2.24. The number of likely N-dealkylation sites (N-methyl/N-ethyl adjacent to an activating group) is 1. The Balaban J connectivity index is 1.45. The van der Waals surface area contributed by atoms with Crippen LogP contribution in [0.4, 0.5) is 0 Å². The fourth-order valence-corrected chi connectivity index (χ4v) is 3.94. The minimum Gasteiger partial charge on any atom is -0.492 e. The predicted molar refractivity (Wildman–Crippen MR) is 103 cm³/mol. The molecule has 0 bridgehead atoms. The third kappa shape index (κ3) is 3.41. The van der Waals surface area contributed by atoms with Gasteiger partial charge in [0.2, 0.25) is 0 Å². The van der Waals surface area contributed by atoms with Crippen molar-refractivity contribution in [3.63, 3.8) is 0 Å². The van der Waals surface area contributed by atoms with Crippen molar-refractivity contribution in [2.24, 2.45) is 0 Å². The summed E-state index contributed by atoms with van der Waals surface area (Å²) >= 11 is 0. The standard InChI is InChI=1S/C21H26N4O2/c1-21(2)14-27-19-16(6-4-7-17(19)21)20(26)25-11-8-15(12-25)24(3)13-18-22-9-5-10-23-18/h4-7,9-10,15H,8,11-14H2,1-3H3. The van der Waals surface area contributed by atoms with E-state index in [0.29, 0.717) is 24.8 Å². The largest absolute Gasteiger partial charge is 0.492 e. The molecule has 3 heterocycles. The molecule has 1 aromatic heterocycles. The van der Waals surface area contributed by atoms with Crippen LogP contribution in [0.3, 0.4) is 0 Å². The molecular weight excluding hydrogens is 340 g/mol. The van der Waals surface area contributed by atoms with E-state index in [9.17, 15) is 4.79 Å². The molecular formula is C21H26N4O2. The molecule has 1 unspecified atom stereocenters. The molecule has 4 rings (SSSR count). The molecule has 0 spiro atoms. The molecule has 2 aliphatic heterocycles. The van der Waals surface area contributed by atoms with E-state index in [4.69, 9.17) is 4.74 Å². The summed E-state index contributed by atoms with van der Waals surface area (Å²) < 4.78 is 5.90. The van der Waals surface area contributed by atoms with Crippen LogP contribution in [0.1, 0.15) is 42.0 Å². The monoisotopic (exact) mass is 366 g/mol. The molecule has 1 atom stereocenters. The van der Waals surface area contributed by atoms with E-state index in [-0.39, 0.29) is 11.3 Å². The van der Waals surface area contributed by atoms with E-state index in [1.165, 1.54) is 0 Å². The molecule has 0 N–H and O–H groups in total. The zero-order chi connectivity index (χ0) is 19.0. The molecule has 27 heavy (non-hydrogen) atoms. The number of carbonyl (C=O) groups excluding carboxylic acids is 1. The van der Waals surface area contributed by atoms with Crippen LogP contribution in [0.25, 0.3) is 0 Å². The molecule has 0 radical (unpaired) electrons. The Bertz CT molecular complexity index is 837. The summed E-state index contributed by atoms with van der Waals surface area (Å²) in [4.78, 5) is 25.9. The molecule has 1 fully saturated rings. The average molecular weight is 366 g/mol. The second kappa shape index (κ2) is 6.93.